The number of rotatable bonds is 1. The molecule has 1 aromatic heterocycles. The number of halogens is 3. The first-order valence-corrected chi connectivity index (χ1v) is 5.26. The lowest BCUT2D eigenvalue weighted by Crippen LogP contribution is -1.93. The van der Waals surface area contributed by atoms with Gasteiger partial charge in [-0.25, -0.2) is 9.37 Å². The summed E-state index contributed by atoms with van der Waals surface area (Å²) >= 11 is 8.79. The van der Waals surface area contributed by atoms with Crippen molar-refractivity contribution in [1.29, 1.82) is 0 Å². The fourth-order valence-corrected chi connectivity index (χ4v) is 1.88. The number of nitrogens with zero attached hydrogens (tertiary/aromatic N) is 2. The maximum absolute atomic E-state index is 13.6. The quantitative estimate of drug-likeness (QED) is 0.596. The molecular formula is C9H3BrClFN2O2. The van der Waals surface area contributed by atoms with Gasteiger partial charge in [-0.15, -0.1) is 0 Å². The second-order valence-electron chi connectivity index (χ2n) is 2.97. The van der Waals surface area contributed by atoms with Crippen LogP contribution in [0.2, 0.25) is 5.02 Å². The minimum Gasteiger partial charge on any atom is -0.258 e. The second kappa shape index (κ2) is 3.95. The first-order valence-electron chi connectivity index (χ1n) is 4.09. The third kappa shape index (κ3) is 1.64. The van der Waals surface area contributed by atoms with Crippen molar-refractivity contribution in [3.05, 3.63) is 43.8 Å². The van der Waals surface area contributed by atoms with Crippen LogP contribution in [0.1, 0.15) is 0 Å². The molecule has 0 amide bonds. The summed E-state index contributed by atoms with van der Waals surface area (Å²) in [6.07, 6.45) is 0.945. The van der Waals surface area contributed by atoms with E-state index in [-0.39, 0.29) is 26.1 Å². The molecular weight excluding hydrogens is 302 g/mol. The number of pyridine rings is 1. The van der Waals surface area contributed by atoms with E-state index in [2.05, 4.69) is 20.9 Å². The molecule has 0 atom stereocenters. The molecule has 0 bridgehead atoms. The Hall–Kier alpha value is -1.27. The lowest BCUT2D eigenvalue weighted by atomic mass is 10.2. The minimum atomic E-state index is -0.658. The molecule has 1 aromatic carbocycles. The highest BCUT2D eigenvalue weighted by molar-refractivity contribution is 9.10. The molecule has 0 aliphatic rings. The molecule has 0 radical (unpaired) electrons. The number of aromatic nitrogens is 1. The van der Waals surface area contributed by atoms with Crippen molar-refractivity contribution in [2.45, 2.75) is 0 Å². The molecule has 82 valence electrons. The van der Waals surface area contributed by atoms with Gasteiger partial charge in [0.15, 0.2) is 5.82 Å². The molecule has 0 fully saturated rings. The lowest BCUT2D eigenvalue weighted by Gasteiger charge is -2.02. The summed E-state index contributed by atoms with van der Waals surface area (Å²) in [7, 11) is 0. The fourth-order valence-electron chi connectivity index (χ4n) is 1.29. The van der Waals surface area contributed by atoms with Gasteiger partial charge in [-0.3, -0.25) is 10.1 Å². The average molecular weight is 305 g/mol. The Morgan fingerprint density at radius 2 is 2.19 bits per heavy atom. The Balaban J connectivity index is 2.87. The molecule has 16 heavy (non-hydrogen) atoms. The molecule has 0 N–H and O–H groups in total. The number of nitro groups is 1. The van der Waals surface area contributed by atoms with Crippen LogP contribution in [-0.2, 0) is 0 Å². The maximum atomic E-state index is 13.6. The molecule has 4 nitrogen and oxygen atoms in total. The second-order valence-corrected chi connectivity index (χ2v) is 4.20. The van der Waals surface area contributed by atoms with Crippen LogP contribution in [-0.4, -0.2) is 9.91 Å². The Morgan fingerprint density at radius 3 is 2.81 bits per heavy atom. The number of hydrogen-bond acceptors (Lipinski definition) is 3. The van der Waals surface area contributed by atoms with Crippen LogP contribution in [0, 0.1) is 15.9 Å². The zero-order valence-corrected chi connectivity index (χ0v) is 9.92. The zero-order valence-electron chi connectivity index (χ0n) is 7.58. The molecule has 2 rings (SSSR count). The van der Waals surface area contributed by atoms with E-state index in [0.717, 1.165) is 6.20 Å². The van der Waals surface area contributed by atoms with Gasteiger partial charge in [0.2, 0.25) is 0 Å². The maximum Gasteiger partial charge on any atom is 0.306 e. The van der Waals surface area contributed by atoms with Gasteiger partial charge in [-0.2, -0.15) is 0 Å². The summed E-state index contributed by atoms with van der Waals surface area (Å²) in [4.78, 5) is 13.6. The van der Waals surface area contributed by atoms with Crippen molar-refractivity contribution >= 4 is 44.1 Å². The summed E-state index contributed by atoms with van der Waals surface area (Å²) in [5.74, 6) is -0.589. The van der Waals surface area contributed by atoms with Crippen molar-refractivity contribution in [3.8, 4) is 0 Å². The summed E-state index contributed by atoms with van der Waals surface area (Å²) in [6.45, 7) is 0. The average Bonchev–Trinajstić information content (AvgIpc) is 2.23. The molecule has 7 heteroatoms. The van der Waals surface area contributed by atoms with E-state index >= 15 is 0 Å². The van der Waals surface area contributed by atoms with Gasteiger partial charge < -0.3 is 0 Å². The Labute approximate surface area is 102 Å². The van der Waals surface area contributed by atoms with E-state index < -0.39 is 10.7 Å². The predicted molar refractivity (Wildman–Crippen MR) is 61.1 cm³/mol. The van der Waals surface area contributed by atoms with Crippen molar-refractivity contribution in [1.82, 2.24) is 4.98 Å². The minimum absolute atomic E-state index is 0.00461. The highest BCUT2D eigenvalue weighted by atomic mass is 79.9. The third-order valence-electron chi connectivity index (χ3n) is 2.04. The van der Waals surface area contributed by atoms with Crippen LogP contribution < -0.4 is 0 Å². The lowest BCUT2D eigenvalue weighted by molar-refractivity contribution is -0.384. The van der Waals surface area contributed by atoms with Gasteiger partial charge in [0.05, 0.1) is 9.40 Å². The molecule has 0 unspecified atom stereocenters. The number of fused-ring (bicyclic) bond motifs is 1. The van der Waals surface area contributed by atoms with Crippen LogP contribution in [0.25, 0.3) is 10.9 Å². The molecule has 0 aliphatic heterocycles. The number of hydrogen-bond donors (Lipinski definition) is 0. The van der Waals surface area contributed by atoms with Gasteiger partial charge >= 0.3 is 5.69 Å². The van der Waals surface area contributed by atoms with Crippen molar-refractivity contribution < 1.29 is 9.31 Å². The van der Waals surface area contributed by atoms with Crippen molar-refractivity contribution in [3.63, 3.8) is 0 Å². The van der Waals surface area contributed by atoms with Gasteiger partial charge in [-0.1, -0.05) is 11.6 Å². The monoisotopic (exact) mass is 304 g/mol. The number of benzene rings is 1. The highest BCUT2D eigenvalue weighted by Crippen LogP contribution is 2.33. The topological polar surface area (TPSA) is 56.0 Å². The summed E-state index contributed by atoms with van der Waals surface area (Å²) in [6, 6.07) is 2.90. The van der Waals surface area contributed by atoms with Crippen molar-refractivity contribution in [2.75, 3.05) is 0 Å². The van der Waals surface area contributed by atoms with Crippen molar-refractivity contribution in [2.24, 2.45) is 0 Å². The summed E-state index contributed by atoms with van der Waals surface area (Å²) in [5, 5.41) is 10.7. The van der Waals surface area contributed by atoms with Gasteiger partial charge in [0.25, 0.3) is 0 Å². The van der Waals surface area contributed by atoms with E-state index in [1.54, 1.807) is 0 Å². The van der Waals surface area contributed by atoms with Gasteiger partial charge in [0, 0.05) is 5.39 Å². The molecule has 2 aromatic rings. The Bertz CT molecular complexity index is 606. The van der Waals surface area contributed by atoms with Crippen LogP contribution in [0.15, 0.2) is 22.8 Å². The van der Waals surface area contributed by atoms with E-state index in [1.165, 1.54) is 12.1 Å². The first kappa shape index (κ1) is 11.2. The zero-order chi connectivity index (χ0) is 11.9. The Morgan fingerprint density at radius 1 is 1.50 bits per heavy atom. The molecule has 1 heterocycles. The largest absolute Gasteiger partial charge is 0.306 e. The Kier molecular flexibility index (Phi) is 2.77. The summed E-state index contributed by atoms with van der Waals surface area (Å²) in [5.41, 5.74) is -0.333. The van der Waals surface area contributed by atoms with E-state index in [4.69, 9.17) is 11.6 Å². The van der Waals surface area contributed by atoms with Gasteiger partial charge in [-0.05, 0) is 28.1 Å². The fraction of sp³-hybridized carbons (Fsp3) is 0. The first-order chi connectivity index (χ1) is 7.52. The highest BCUT2D eigenvalue weighted by Gasteiger charge is 2.18. The van der Waals surface area contributed by atoms with Crippen LogP contribution in [0.3, 0.4) is 0 Å². The molecule has 0 saturated heterocycles. The van der Waals surface area contributed by atoms with E-state index in [1.807, 2.05) is 0 Å². The van der Waals surface area contributed by atoms with Crippen LogP contribution in [0.4, 0.5) is 10.1 Å². The normalized spacial score (nSPS) is 10.7. The molecule has 0 saturated carbocycles. The predicted octanol–water partition coefficient (Wildman–Crippen LogP) is 3.70. The molecule has 0 spiro atoms. The van der Waals surface area contributed by atoms with E-state index in [0.29, 0.717) is 0 Å². The smallest absolute Gasteiger partial charge is 0.258 e. The van der Waals surface area contributed by atoms with E-state index in [9.17, 15) is 14.5 Å². The van der Waals surface area contributed by atoms with Crippen LogP contribution >= 0.6 is 27.5 Å². The SMILES string of the molecule is O=[N+]([O-])c1cnc2c(F)c(Br)ccc2c1Cl. The standard InChI is InChI=1S/C9H3BrClFN2O2/c10-5-2-1-4-7(11)6(14(15)16)3-13-9(4)8(5)12/h1-3H. The van der Waals surface area contributed by atoms with Gasteiger partial charge in [0.1, 0.15) is 16.7 Å². The molecule has 0 aliphatic carbocycles. The third-order valence-corrected chi connectivity index (χ3v) is 3.05. The van der Waals surface area contributed by atoms with Crippen LogP contribution in [0.5, 0.6) is 0 Å². The summed E-state index contributed by atoms with van der Waals surface area (Å²) < 4.78 is 13.8.